The molecule has 3 aromatic heterocycles. The summed E-state index contributed by atoms with van der Waals surface area (Å²) in [5.41, 5.74) is 2.17. The van der Waals surface area contributed by atoms with Crippen LogP contribution >= 0.6 is 0 Å². The van der Waals surface area contributed by atoms with E-state index in [0.29, 0.717) is 53.9 Å². The van der Waals surface area contributed by atoms with Crippen LogP contribution in [0.4, 0.5) is 4.39 Å². The minimum absolute atomic E-state index is 0.00804. The van der Waals surface area contributed by atoms with E-state index in [-0.39, 0.29) is 23.7 Å². The quantitative estimate of drug-likeness (QED) is 0.432. The lowest BCUT2D eigenvalue weighted by atomic mass is 9.79. The first-order chi connectivity index (χ1) is 17.0. The highest BCUT2D eigenvalue weighted by atomic mass is 19.1. The van der Waals surface area contributed by atoms with Gasteiger partial charge in [-0.2, -0.15) is 0 Å². The first-order valence-corrected chi connectivity index (χ1v) is 11.6. The molecular weight excluding hydrogens is 447 g/mol. The number of amides is 1. The van der Waals surface area contributed by atoms with Crippen LogP contribution in [0, 0.1) is 12.7 Å². The van der Waals surface area contributed by atoms with E-state index in [4.69, 9.17) is 4.74 Å². The number of carbonyl (C=O) groups excluding carboxylic acids is 1. The number of para-hydroxylation sites is 1. The molecule has 1 N–H and O–H groups in total. The van der Waals surface area contributed by atoms with Crippen LogP contribution in [0.1, 0.15) is 47.6 Å². The normalized spacial score (nSPS) is 17.0. The Balaban J connectivity index is 1.40. The molecule has 1 fully saturated rings. The summed E-state index contributed by atoms with van der Waals surface area (Å²) in [7, 11) is 0. The van der Waals surface area contributed by atoms with Crippen molar-refractivity contribution in [2.45, 2.75) is 38.6 Å². The summed E-state index contributed by atoms with van der Waals surface area (Å²) < 4.78 is 22.1. The topological polar surface area (TPSA) is 94.8 Å². The minimum atomic E-state index is -0.379. The fourth-order valence-electron chi connectivity index (χ4n) is 4.29. The number of hydrogen-bond donors (Lipinski definition) is 1. The Morgan fingerprint density at radius 2 is 1.94 bits per heavy atom. The molecule has 0 spiro atoms. The molecule has 0 radical (unpaired) electrons. The lowest BCUT2D eigenvalue weighted by molar-refractivity contribution is 0.0901. The third-order valence-corrected chi connectivity index (χ3v) is 6.12. The van der Waals surface area contributed by atoms with Crippen LogP contribution in [0.5, 0.6) is 5.75 Å². The van der Waals surface area contributed by atoms with E-state index in [1.54, 1.807) is 53.4 Å². The van der Waals surface area contributed by atoms with E-state index >= 15 is 0 Å². The lowest BCUT2D eigenvalue weighted by Gasteiger charge is -2.35. The largest absolute Gasteiger partial charge is 0.492 e. The van der Waals surface area contributed by atoms with Gasteiger partial charge in [0.2, 0.25) is 0 Å². The van der Waals surface area contributed by atoms with E-state index in [9.17, 15) is 9.18 Å². The van der Waals surface area contributed by atoms with Gasteiger partial charge < -0.3 is 10.1 Å². The average molecular weight is 473 g/mol. The van der Waals surface area contributed by atoms with Crippen LogP contribution in [0.2, 0.25) is 0 Å². The minimum Gasteiger partial charge on any atom is -0.492 e. The maximum Gasteiger partial charge on any atom is 0.270 e. The number of nitrogens with one attached hydrogen (secondary N) is 1. The van der Waals surface area contributed by atoms with Crippen molar-refractivity contribution in [2.75, 3.05) is 6.61 Å². The van der Waals surface area contributed by atoms with E-state index in [1.807, 2.05) is 19.9 Å². The summed E-state index contributed by atoms with van der Waals surface area (Å²) >= 11 is 0. The molecule has 1 amide bonds. The van der Waals surface area contributed by atoms with E-state index in [1.165, 1.54) is 6.07 Å². The van der Waals surface area contributed by atoms with Gasteiger partial charge >= 0.3 is 0 Å². The SMILES string of the molecule is CCOc1ccc(-c2nnc([C@H]3C[C@H](NC(=O)c4ncccc4C)C3)n2-c2ccccc2F)nc1. The smallest absolute Gasteiger partial charge is 0.270 e. The number of aryl methyl sites for hydroxylation is 1. The third-order valence-electron chi connectivity index (χ3n) is 6.12. The summed E-state index contributed by atoms with van der Waals surface area (Å²) in [6, 6.07) is 13.8. The zero-order valence-electron chi connectivity index (χ0n) is 19.5. The Hall–Kier alpha value is -4.14. The third kappa shape index (κ3) is 4.49. The van der Waals surface area contributed by atoms with Crippen LogP contribution in [-0.2, 0) is 0 Å². The highest BCUT2D eigenvalue weighted by Crippen LogP contribution is 2.39. The Labute approximate surface area is 202 Å². The number of benzene rings is 1. The summed E-state index contributed by atoms with van der Waals surface area (Å²) in [5, 5.41) is 11.8. The van der Waals surface area contributed by atoms with Crippen molar-refractivity contribution in [3.63, 3.8) is 0 Å². The van der Waals surface area contributed by atoms with Gasteiger partial charge in [-0.25, -0.2) is 9.37 Å². The summed E-state index contributed by atoms with van der Waals surface area (Å²) in [5.74, 6) is 1.17. The molecular formula is C26H25FN6O2. The van der Waals surface area contributed by atoms with Crippen molar-refractivity contribution in [2.24, 2.45) is 0 Å². The van der Waals surface area contributed by atoms with Crippen LogP contribution in [0.15, 0.2) is 60.9 Å². The van der Waals surface area contributed by atoms with Crippen LogP contribution < -0.4 is 10.1 Å². The van der Waals surface area contributed by atoms with Crippen LogP contribution in [-0.4, -0.2) is 43.3 Å². The van der Waals surface area contributed by atoms with Gasteiger partial charge in [0, 0.05) is 18.2 Å². The molecule has 0 bridgehead atoms. The Morgan fingerprint density at radius 3 is 2.66 bits per heavy atom. The van der Waals surface area contributed by atoms with Gasteiger partial charge in [0.25, 0.3) is 5.91 Å². The Bertz CT molecular complexity index is 1350. The monoisotopic (exact) mass is 472 g/mol. The van der Waals surface area contributed by atoms with Gasteiger partial charge in [-0.05, 0) is 62.6 Å². The van der Waals surface area contributed by atoms with Gasteiger partial charge in [-0.15, -0.1) is 10.2 Å². The zero-order valence-corrected chi connectivity index (χ0v) is 19.5. The van der Waals surface area contributed by atoms with E-state index in [2.05, 4.69) is 25.5 Å². The van der Waals surface area contributed by atoms with E-state index < -0.39 is 0 Å². The van der Waals surface area contributed by atoms with Crippen molar-refractivity contribution in [3.05, 3.63) is 83.8 Å². The number of hydrogen-bond acceptors (Lipinski definition) is 6. The molecule has 0 unspecified atom stereocenters. The lowest BCUT2D eigenvalue weighted by Crippen LogP contribution is -2.44. The molecule has 0 saturated heterocycles. The van der Waals surface area contributed by atoms with Crippen molar-refractivity contribution in [1.82, 2.24) is 30.0 Å². The first-order valence-electron chi connectivity index (χ1n) is 11.6. The van der Waals surface area contributed by atoms with Crippen molar-refractivity contribution < 1.29 is 13.9 Å². The molecule has 1 aliphatic carbocycles. The molecule has 1 aromatic carbocycles. The molecule has 9 heteroatoms. The number of nitrogens with zero attached hydrogens (tertiary/aromatic N) is 5. The highest BCUT2D eigenvalue weighted by molar-refractivity contribution is 5.93. The Morgan fingerprint density at radius 1 is 1.11 bits per heavy atom. The number of rotatable bonds is 7. The van der Waals surface area contributed by atoms with Gasteiger partial charge in [0.05, 0.1) is 18.5 Å². The standard InChI is InChI=1S/C26H25FN6O2/c1-3-35-19-10-11-21(29-15-19)25-32-31-24(33(25)22-9-5-4-8-20(22)27)17-13-18(14-17)30-26(34)23-16(2)7-6-12-28-23/h4-12,15,17-18H,3,13-14H2,1-2H3,(H,30,34)/t17-,18-. The average Bonchev–Trinajstić information content (AvgIpc) is 3.26. The Kier molecular flexibility index (Phi) is 6.22. The molecule has 35 heavy (non-hydrogen) atoms. The summed E-state index contributed by atoms with van der Waals surface area (Å²) in [4.78, 5) is 21.3. The van der Waals surface area contributed by atoms with Crippen LogP contribution in [0.25, 0.3) is 17.2 Å². The number of pyridine rings is 2. The molecule has 4 aromatic rings. The van der Waals surface area contributed by atoms with Gasteiger partial charge in [0.15, 0.2) is 5.82 Å². The molecule has 0 aliphatic heterocycles. The van der Waals surface area contributed by atoms with E-state index in [0.717, 1.165) is 5.56 Å². The number of ether oxygens (including phenoxy) is 1. The van der Waals surface area contributed by atoms with Crippen molar-refractivity contribution >= 4 is 5.91 Å². The molecule has 8 nitrogen and oxygen atoms in total. The van der Waals surface area contributed by atoms with Crippen molar-refractivity contribution in [3.8, 4) is 23.0 Å². The maximum absolute atomic E-state index is 14.9. The molecule has 0 atom stereocenters. The second kappa shape index (κ2) is 9.61. The van der Waals surface area contributed by atoms with Crippen molar-refractivity contribution in [1.29, 1.82) is 0 Å². The van der Waals surface area contributed by atoms with Gasteiger partial charge in [-0.1, -0.05) is 18.2 Å². The fraction of sp³-hybridized carbons (Fsp3) is 0.269. The summed E-state index contributed by atoms with van der Waals surface area (Å²) in [6.45, 7) is 4.30. The zero-order chi connectivity index (χ0) is 24.4. The molecule has 3 heterocycles. The van der Waals surface area contributed by atoms with Gasteiger partial charge in [0.1, 0.15) is 28.8 Å². The number of aromatic nitrogens is 5. The molecule has 178 valence electrons. The fourth-order valence-corrected chi connectivity index (χ4v) is 4.29. The van der Waals surface area contributed by atoms with Gasteiger partial charge in [-0.3, -0.25) is 14.3 Å². The number of carbonyl (C=O) groups is 1. The summed E-state index contributed by atoms with van der Waals surface area (Å²) in [6.07, 6.45) is 4.56. The predicted molar refractivity (Wildman–Crippen MR) is 128 cm³/mol. The predicted octanol–water partition coefficient (Wildman–Crippen LogP) is 4.25. The second-order valence-electron chi connectivity index (χ2n) is 8.49. The molecule has 5 rings (SSSR count). The molecule has 1 aliphatic rings. The highest BCUT2D eigenvalue weighted by Gasteiger charge is 2.36. The van der Waals surface area contributed by atoms with Crippen LogP contribution in [0.3, 0.4) is 0 Å². The first kappa shape index (κ1) is 22.6. The second-order valence-corrected chi connectivity index (χ2v) is 8.49. The molecule has 1 saturated carbocycles. The maximum atomic E-state index is 14.9. The number of halogens is 1.